The third-order valence-corrected chi connectivity index (χ3v) is 5.87. The van der Waals surface area contributed by atoms with Gasteiger partial charge in [0.25, 0.3) is 0 Å². The molecule has 22 heavy (non-hydrogen) atoms. The van der Waals surface area contributed by atoms with Crippen LogP contribution in [0.1, 0.15) is 31.4 Å². The van der Waals surface area contributed by atoms with E-state index in [1.165, 1.54) is 23.3 Å². The molecular formula is C17H19N3OS. The fourth-order valence-corrected chi connectivity index (χ4v) is 4.25. The molecule has 2 aliphatic rings. The predicted molar refractivity (Wildman–Crippen MR) is 88.1 cm³/mol. The van der Waals surface area contributed by atoms with Gasteiger partial charge in [-0.05, 0) is 43.7 Å². The Morgan fingerprint density at radius 2 is 2.18 bits per heavy atom. The summed E-state index contributed by atoms with van der Waals surface area (Å²) in [6, 6.07) is 10.5. The molecule has 114 valence electrons. The van der Waals surface area contributed by atoms with Crippen LogP contribution in [0.4, 0.5) is 5.82 Å². The highest BCUT2D eigenvalue weighted by molar-refractivity contribution is 8.01. The third-order valence-electron chi connectivity index (χ3n) is 4.55. The second-order valence-corrected chi connectivity index (χ2v) is 7.39. The Morgan fingerprint density at radius 1 is 1.36 bits per heavy atom. The number of carbonyl (C=O) groups excluding carboxylic acids is 1. The highest BCUT2D eigenvalue weighted by Gasteiger charge is 2.32. The molecule has 0 spiro atoms. The topological polar surface area (TPSA) is 46.9 Å². The molecule has 1 aromatic heterocycles. The first-order valence-electron chi connectivity index (χ1n) is 7.81. The van der Waals surface area contributed by atoms with Crippen LogP contribution in [-0.2, 0) is 11.2 Å². The Bertz CT molecular complexity index is 682. The number of carbonyl (C=O) groups is 1. The number of hydrogen-bond donors (Lipinski definition) is 1. The summed E-state index contributed by atoms with van der Waals surface area (Å²) >= 11 is 1.66. The standard InChI is InChI=1S/C17H19N3OS/c1-11(12-6-7-12)20-16(8-9-18-20)19-17(21)15-10-13-4-2-3-5-14(13)22-15/h2-5,8-9,11-12,15H,6-7,10H2,1H3,(H,19,21). The monoisotopic (exact) mass is 313 g/mol. The summed E-state index contributed by atoms with van der Waals surface area (Å²) in [6.45, 7) is 2.18. The number of nitrogens with one attached hydrogen (secondary N) is 1. The van der Waals surface area contributed by atoms with Crippen molar-refractivity contribution in [1.82, 2.24) is 9.78 Å². The lowest BCUT2D eigenvalue weighted by Gasteiger charge is -2.16. The Kier molecular flexibility index (Phi) is 3.45. The van der Waals surface area contributed by atoms with Crippen LogP contribution in [-0.4, -0.2) is 20.9 Å². The van der Waals surface area contributed by atoms with Gasteiger partial charge in [-0.1, -0.05) is 18.2 Å². The quantitative estimate of drug-likeness (QED) is 0.939. The van der Waals surface area contributed by atoms with Crippen molar-refractivity contribution in [2.75, 3.05) is 5.32 Å². The van der Waals surface area contributed by atoms with Gasteiger partial charge in [0.2, 0.25) is 5.91 Å². The van der Waals surface area contributed by atoms with Gasteiger partial charge in [0.05, 0.1) is 17.5 Å². The lowest BCUT2D eigenvalue weighted by molar-refractivity contribution is -0.115. The van der Waals surface area contributed by atoms with Crippen molar-refractivity contribution < 1.29 is 4.79 Å². The van der Waals surface area contributed by atoms with Crippen molar-refractivity contribution in [3.8, 4) is 0 Å². The molecular weight excluding hydrogens is 294 g/mol. The Balaban J connectivity index is 1.46. The first kappa shape index (κ1) is 13.9. The van der Waals surface area contributed by atoms with E-state index >= 15 is 0 Å². The van der Waals surface area contributed by atoms with E-state index in [0.717, 1.165) is 12.2 Å². The summed E-state index contributed by atoms with van der Waals surface area (Å²) in [4.78, 5) is 13.8. The molecule has 2 unspecified atom stereocenters. The molecule has 5 heteroatoms. The van der Waals surface area contributed by atoms with Gasteiger partial charge in [-0.15, -0.1) is 11.8 Å². The molecule has 1 fully saturated rings. The summed E-state index contributed by atoms with van der Waals surface area (Å²) in [5.41, 5.74) is 1.27. The summed E-state index contributed by atoms with van der Waals surface area (Å²) in [5.74, 6) is 1.60. The van der Waals surface area contributed by atoms with Crippen LogP contribution in [0.25, 0.3) is 0 Å². The minimum absolute atomic E-state index is 0.0445. The zero-order valence-corrected chi connectivity index (χ0v) is 13.3. The van der Waals surface area contributed by atoms with Crippen molar-refractivity contribution in [3.05, 3.63) is 42.1 Å². The molecule has 2 aromatic rings. The minimum atomic E-state index is -0.0445. The molecule has 1 saturated carbocycles. The van der Waals surface area contributed by atoms with E-state index in [1.54, 1.807) is 18.0 Å². The molecule has 1 aliphatic carbocycles. The van der Waals surface area contributed by atoms with Crippen molar-refractivity contribution in [2.45, 2.75) is 42.4 Å². The van der Waals surface area contributed by atoms with E-state index in [-0.39, 0.29) is 11.2 Å². The van der Waals surface area contributed by atoms with Gasteiger partial charge in [-0.25, -0.2) is 4.68 Å². The Morgan fingerprint density at radius 3 is 2.95 bits per heavy atom. The number of anilines is 1. The minimum Gasteiger partial charge on any atom is -0.310 e. The number of thioether (sulfide) groups is 1. The Hall–Kier alpha value is -1.75. The fraction of sp³-hybridized carbons (Fsp3) is 0.412. The summed E-state index contributed by atoms with van der Waals surface area (Å²) < 4.78 is 1.96. The zero-order chi connectivity index (χ0) is 15.1. The molecule has 0 saturated heterocycles. The van der Waals surface area contributed by atoms with Gasteiger partial charge in [0.1, 0.15) is 5.82 Å². The van der Waals surface area contributed by atoms with E-state index in [1.807, 2.05) is 22.9 Å². The van der Waals surface area contributed by atoms with Crippen LogP contribution in [0.3, 0.4) is 0 Å². The summed E-state index contributed by atoms with van der Waals surface area (Å²) in [7, 11) is 0. The van der Waals surface area contributed by atoms with Crippen LogP contribution >= 0.6 is 11.8 Å². The van der Waals surface area contributed by atoms with Crippen molar-refractivity contribution in [2.24, 2.45) is 5.92 Å². The van der Waals surface area contributed by atoms with Crippen LogP contribution in [0.2, 0.25) is 0 Å². The zero-order valence-electron chi connectivity index (χ0n) is 12.5. The highest BCUT2D eigenvalue weighted by Crippen LogP contribution is 2.40. The molecule has 4 rings (SSSR count). The van der Waals surface area contributed by atoms with Gasteiger partial charge >= 0.3 is 0 Å². The molecule has 0 radical (unpaired) electrons. The van der Waals surface area contributed by atoms with Crippen molar-refractivity contribution >= 4 is 23.5 Å². The van der Waals surface area contributed by atoms with E-state index in [0.29, 0.717) is 12.0 Å². The van der Waals surface area contributed by atoms with E-state index in [2.05, 4.69) is 29.5 Å². The molecule has 1 aromatic carbocycles. The van der Waals surface area contributed by atoms with E-state index < -0.39 is 0 Å². The average Bonchev–Trinajstić information content (AvgIpc) is 3.12. The van der Waals surface area contributed by atoms with Crippen LogP contribution in [0, 0.1) is 5.92 Å². The van der Waals surface area contributed by atoms with Gasteiger partial charge in [0.15, 0.2) is 0 Å². The van der Waals surface area contributed by atoms with E-state index in [4.69, 9.17) is 0 Å². The second-order valence-electron chi connectivity index (χ2n) is 6.15. The number of nitrogens with zero attached hydrogens (tertiary/aromatic N) is 2. The van der Waals surface area contributed by atoms with Gasteiger partial charge in [-0.2, -0.15) is 5.10 Å². The van der Waals surface area contributed by atoms with Crippen molar-refractivity contribution in [1.29, 1.82) is 0 Å². The second kappa shape index (κ2) is 5.47. The van der Waals surface area contributed by atoms with Crippen LogP contribution in [0.15, 0.2) is 41.4 Å². The first-order chi connectivity index (χ1) is 10.7. The molecule has 1 aliphatic heterocycles. The van der Waals surface area contributed by atoms with E-state index in [9.17, 15) is 4.79 Å². The summed E-state index contributed by atoms with van der Waals surface area (Å²) in [5, 5.41) is 7.42. The molecule has 1 N–H and O–H groups in total. The number of fused-ring (bicyclic) bond motifs is 1. The van der Waals surface area contributed by atoms with Crippen molar-refractivity contribution in [3.63, 3.8) is 0 Å². The molecule has 2 atom stereocenters. The van der Waals surface area contributed by atoms with Crippen LogP contribution in [0.5, 0.6) is 0 Å². The SMILES string of the molecule is CC(C1CC1)n1nccc1NC(=O)C1Cc2ccccc2S1. The molecule has 1 amide bonds. The first-order valence-corrected chi connectivity index (χ1v) is 8.69. The van der Waals surface area contributed by atoms with Gasteiger partial charge < -0.3 is 5.32 Å². The maximum absolute atomic E-state index is 12.6. The van der Waals surface area contributed by atoms with Crippen LogP contribution < -0.4 is 5.32 Å². The number of rotatable bonds is 4. The number of hydrogen-bond acceptors (Lipinski definition) is 3. The number of benzene rings is 1. The average molecular weight is 313 g/mol. The fourth-order valence-electron chi connectivity index (χ4n) is 3.05. The lowest BCUT2D eigenvalue weighted by atomic mass is 10.1. The smallest absolute Gasteiger partial charge is 0.239 e. The van der Waals surface area contributed by atoms with Gasteiger partial charge in [0, 0.05) is 11.0 Å². The molecule has 2 heterocycles. The normalized spacial score (nSPS) is 21.4. The number of aromatic nitrogens is 2. The predicted octanol–water partition coefficient (Wildman–Crippen LogP) is 3.51. The molecule has 0 bridgehead atoms. The third kappa shape index (κ3) is 2.54. The number of amides is 1. The largest absolute Gasteiger partial charge is 0.310 e. The summed E-state index contributed by atoms with van der Waals surface area (Å²) in [6.07, 6.45) is 5.11. The lowest BCUT2D eigenvalue weighted by Crippen LogP contribution is -2.26. The maximum Gasteiger partial charge on any atom is 0.239 e. The highest BCUT2D eigenvalue weighted by atomic mass is 32.2. The van der Waals surface area contributed by atoms with Gasteiger partial charge in [-0.3, -0.25) is 4.79 Å². The molecule has 4 nitrogen and oxygen atoms in total. The maximum atomic E-state index is 12.6. The Labute approximate surface area is 134 Å².